The number of benzene rings is 1. The number of rotatable bonds is 5. The molecular weight excluding hydrogens is 309 g/mol. The second kappa shape index (κ2) is 6.96. The molecule has 1 heterocycles. The number of carbonyl (C=O) groups is 1. The Hall–Kier alpha value is -1.52. The Labute approximate surface area is 133 Å². The van der Waals surface area contributed by atoms with E-state index in [0.717, 1.165) is 11.3 Å². The molecule has 112 valence electrons. The molecule has 0 aliphatic rings. The average molecular weight is 326 g/mol. The molecule has 0 atom stereocenters. The van der Waals surface area contributed by atoms with Crippen molar-refractivity contribution in [1.29, 1.82) is 0 Å². The van der Waals surface area contributed by atoms with E-state index in [-0.39, 0.29) is 5.91 Å². The van der Waals surface area contributed by atoms with Gasteiger partial charge in [-0.15, -0.1) is 0 Å². The molecule has 0 aliphatic carbocycles. The quantitative estimate of drug-likeness (QED) is 0.855. The highest BCUT2D eigenvalue weighted by Crippen LogP contribution is 2.22. The lowest BCUT2D eigenvalue weighted by Crippen LogP contribution is -2.12. The van der Waals surface area contributed by atoms with Crippen molar-refractivity contribution < 1.29 is 4.79 Å². The molecule has 2 N–H and O–H groups in total. The smallest absolute Gasteiger partial charge is 0.225 e. The van der Waals surface area contributed by atoms with Crippen molar-refractivity contribution in [3.8, 4) is 0 Å². The molecule has 0 saturated carbocycles. The molecule has 4 nitrogen and oxygen atoms in total. The van der Waals surface area contributed by atoms with Crippen LogP contribution in [0.1, 0.15) is 37.4 Å². The summed E-state index contributed by atoms with van der Waals surface area (Å²) in [4.78, 5) is 11.9. The molecule has 1 aromatic carbocycles. The number of anilines is 1. The summed E-state index contributed by atoms with van der Waals surface area (Å²) < 4.78 is 0. The number of aromatic nitrogens is 2. The van der Waals surface area contributed by atoms with Crippen molar-refractivity contribution in [2.24, 2.45) is 0 Å². The number of amides is 1. The lowest BCUT2D eigenvalue weighted by molar-refractivity contribution is -0.116. The van der Waals surface area contributed by atoms with Crippen LogP contribution in [0.25, 0.3) is 0 Å². The Kier molecular flexibility index (Phi) is 5.26. The zero-order valence-electron chi connectivity index (χ0n) is 11.9. The van der Waals surface area contributed by atoms with Gasteiger partial charge < -0.3 is 5.32 Å². The summed E-state index contributed by atoms with van der Waals surface area (Å²) in [5.74, 6) is 0.796. The molecule has 6 heteroatoms. The summed E-state index contributed by atoms with van der Waals surface area (Å²) in [6.45, 7) is 4.11. The SMILES string of the molecule is CC(C)c1cc(NC(=O)CCc2ccc(Cl)cc2Cl)n[nH]1. The lowest BCUT2D eigenvalue weighted by Gasteiger charge is -2.05. The Morgan fingerprint density at radius 3 is 2.71 bits per heavy atom. The third kappa shape index (κ3) is 4.48. The fourth-order valence-corrected chi connectivity index (χ4v) is 2.38. The zero-order chi connectivity index (χ0) is 15.4. The Bertz CT molecular complexity index is 638. The van der Waals surface area contributed by atoms with Crippen molar-refractivity contribution in [1.82, 2.24) is 10.2 Å². The molecule has 1 amide bonds. The number of nitrogens with zero attached hydrogens (tertiary/aromatic N) is 1. The highest BCUT2D eigenvalue weighted by molar-refractivity contribution is 6.35. The molecular formula is C15H17Cl2N3O. The first-order valence-corrected chi connectivity index (χ1v) is 7.50. The van der Waals surface area contributed by atoms with Crippen LogP contribution in [-0.4, -0.2) is 16.1 Å². The largest absolute Gasteiger partial charge is 0.309 e. The van der Waals surface area contributed by atoms with E-state index in [1.54, 1.807) is 12.1 Å². The van der Waals surface area contributed by atoms with Gasteiger partial charge in [-0.3, -0.25) is 9.89 Å². The van der Waals surface area contributed by atoms with Gasteiger partial charge in [0.25, 0.3) is 0 Å². The Balaban J connectivity index is 1.89. The van der Waals surface area contributed by atoms with Crippen LogP contribution < -0.4 is 5.32 Å². The Morgan fingerprint density at radius 1 is 1.33 bits per heavy atom. The van der Waals surface area contributed by atoms with Crippen LogP contribution >= 0.6 is 23.2 Å². The van der Waals surface area contributed by atoms with E-state index in [4.69, 9.17) is 23.2 Å². The summed E-state index contributed by atoms with van der Waals surface area (Å²) >= 11 is 11.9. The van der Waals surface area contributed by atoms with Gasteiger partial charge in [0, 0.05) is 28.2 Å². The van der Waals surface area contributed by atoms with Crippen molar-refractivity contribution in [2.75, 3.05) is 5.32 Å². The van der Waals surface area contributed by atoms with E-state index < -0.39 is 0 Å². The predicted molar refractivity (Wildman–Crippen MR) is 86.1 cm³/mol. The van der Waals surface area contributed by atoms with Gasteiger partial charge in [-0.2, -0.15) is 5.10 Å². The topological polar surface area (TPSA) is 57.8 Å². The van der Waals surface area contributed by atoms with Crippen molar-refractivity contribution in [3.63, 3.8) is 0 Å². The van der Waals surface area contributed by atoms with Gasteiger partial charge in [0.2, 0.25) is 5.91 Å². The molecule has 0 aliphatic heterocycles. The zero-order valence-corrected chi connectivity index (χ0v) is 13.4. The van der Waals surface area contributed by atoms with Gasteiger partial charge in [-0.25, -0.2) is 0 Å². The minimum atomic E-state index is -0.0946. The van der Waals surface area contributed by atoms with E-state index in [1.807, 2.05) is 12.1 Å². The van der Waals surface area contributed by atoms with Gasteiger partial charge in [0.15, 0.2) is 5.82 Å². The maximum Gasteiger partial charge on any atom is 0.225 e. The molecule has 2 aromatic rings. The maximum atomic E-state index is 11.9. The van der Waals surface area contributed by atoms with Crippen molar-refractivity contribution in [2.45, 2.75) is 32.6 Å². The van der Waals surface area contributed by atoms with Gasteiger partial charge in [0.1, 0.15) is 0 Å². The third-order valence-corrected chi connectivity index (χ3v) is 3.71. The summed E-state index contributed by atoms with van der Waals surface area (Å²) in [7, 11) is 0. The third-order valence-electron chi connectivity index (χ3n) is 3.12. The number of hydrogen-bond donors (Lipinski definition) is 2. The fraction of sp³-hybridized carbons (Fsp3) is 0.333. The first-order valence-electron chi connectivity index (χ1n) is 6.75. The van der Waals surface area contributed by atoms with Gasteiger partial charge in [-0.05, 0) is 30.0 Å². The predicted octanol–water partition coefficient (Wildman–Crippen LogP) is 4.41. The van der Waals surface area contributed by atoms with Crippen LogP contribution in [0.3, 0.4) is 0 Å². The normalized spacial score (nSPS) is 10.9. The van der Waals surface area contributed by atoms with E-state index >= 15 is 0 Å². The lowest BCUT2D eigenvalue weighted by atomic mass is 10.1. The van der Waals surface area contributed by atoms with E-state index in [1.165, 1.54) is 0 Å². The molecule has 0 radical (unpaired) electrons. The number of aromatic amines is 1. The van der Waals surface area contributed by atoms with Crippen LogP contribution in [-0.2, 0) is 11.2 Å². The molecule has 0 spiro atoms. The minimum Gasteiger partial charge on any atom is -0.309 e. The van der Waals surface area contributed by atoms with Crippen LogP contribution in [0.4, 0.5) is 5.82 Å². The number of aryl methyl sites for hydroxylation is 1. The molecule has 0 fully saturated rings. The van der Waals surface area contributed by atoms with Crippen LogP contribution in [0, 0.1) is 0 Å². The number of hydrogen-bond acceptors (Lipinski definition) is 2. The van der Waals surface area contributed by atoms with Crippen molar-refractivity contribution in [3.05, 3.63) is 45.6 Å². The molecule has 0 saturated heterocycles. The Morgan fingerprint density at radius 2 is 2.10 bits per heavy atom. The second-order valence-electron chi connectivity index (χ2n) is 5.15. The number of H-pyrrole nitrogens is 1. The number of carbonyl (C=O) groups excluding carboxylic acids is 1. The van der Waals surface area contributed by atoms with E-state index in [2.05, 4.69) is 29.4 Å². The summed E-state index contributed by atoms with van der Waals surface area (Å²) in [6, 6.07) is 7.13. The van der Waals surface area contributed by atoms with Crippen molar-refractivity contribution >= 4 is 34.9 Å². The minimum absolute atomic E-state index is 0.0946. The van der Waals surface area contributed by atoms with Gasteiger partial charge in [0.05, 0.1) is 0 Å². The molecule has 0 bridgehead atoms. The second-order valence-corrected chi connectivity index (χ2v) is 5.99. The maximum absolute atomic E-state index is 11.9. The van der Waals surface area contributed by atoms with Gasteiger partial charge in [-0.1, -0.05) is 43.1 Å². The summed E-state index contributed by atoms with van der Waals surface area (Å²) in [5, 5.41) is 10.9. The summed E-state index contributed by atoms with van der Waals surface area (Å²) in [6.07, 6.45) is 0.897. The standard InChI is InChI=1S/C15H17Cl2N3O/c1-9(2)13-8-14(20-19-13)18-15(21)6-4-10-3-5-11(16)7-12(10)17/h3,5,7-9H,4,6H2,1-2H3,(H2,18,19,20,21). The first kappa shape index (κ1) is 15.9. The molecule has 21 heavy (non-hydrogen) atoms. The molecule has 1 aromatic heterocycles. The number of halogens is 2. The van der Waals surface area contributed by atoms with Crippen LogP contribution in [0.2, 0.25) is 10.0 Å². The van der Waals surface area contributed by atoms with Crippen LogP contribution in [0.5, 0.6) is 0 Å². The van der Waals surface area contributed by atoms with E-state index in [0.29, 0.717) is 34.6 Å². The highest BCUT2D eigenvalue weighted by atomic mass is 35.5. The molecule has 0 unspecified atom stereocenters. The summed E-state index contributed by atoms with van der Waals surface area (Å²) in [5.41, 5.74) is 1.90. The van der Waals surface area contributed by atoms with Crippen LogP contribution in [0.15, 0.2) is 24.3 Å². The highest BCUT2D eigenvalue weighted by Gasteiger charge is 2.09. The average Bonchev–Trinajstić information content (AvgIpc) is 2.86. The monoisotopic (exact) mass is 325 g/mol. The first-order chi connectivity index (χ1) is 9.95. The fourth-order valence-electron chi connectivity index (χ4n) is 1.87. The number of nitrogens with one attached hydrogen (secondary N) is 2. The van der Waals surface area contributed by atoms with E-state index in [9.17, 15) is 4.79 Å². The van der Waals surface area contributed by atoms with Gasteiger partial charge >= 0.3 is 0 Å². The molecule has 2 rings (SSSR count).